The normalized spacial score (nSPS) is 13.6. The molecule has 0 saturated heterocycles. The van der Waals surface area contributed by atoms with Crippen molar-refractivity contribution in [1.29, 1.82) is 0 Å². The minimum absolute atomic E-state index is 0.0398. The molecule has 302 valence electrons. The quantitative estimate of drug-likeness (QED) is 0.145. The Morgan fingerprint density at radius 1 is 0.375 bits per heavy atom. The van der Waals surface area contributed by atoms with Gasteiger partial charge in [-0.15, -0.1) is 0 Å². The lowest BCUT2D eigenvalue weighted by molar-refractivity contribution is 0.669. The monoisotopic (exact) mass is 823 g/mol. The van der Waals surface area contributed by atoms with E-state index in [1.165, 1.54) is 0 Å². The molecule has 3 heteroatoms. The predicted octanol–water partition coefficient (Wildman–Crippen LogP) is 16.6. The molecule has 0 N–H and O–H groups in total. The van der Waals surface area contributed by atoms with Crippen LogP contribution in [0.25, 0.3) is 44.2 Å². The van der Waals surface area contributed by atoms with Crippen LogP contribution in [0.5, 0.6) is 0 Å². The van der Waals surface area contributed by atoms with Crippen LogP contribution in [0.2, 0.25) is 0 Å². The van der Waals surface area contributed by atoms with Crippen LogP contribution in [0.1, 0.15) is 29.1 Å². The van der Waals surface area contributed by atoms with E-state index in [2.05, 4.69) is 138 Å². The fraction of sp³-hybridized carbons (Fsp3) is 0.0164. The van der Waals surface area contributed by atoms with Crippen LogP contribution in [0, 0.1) is 0 Å². The van der Waals surface area contributed by atoms with Gasteiger partial charge in [-0.1, -0.05) is 182 Å². The van der Waals surface area contributed by atoms with Gasteiger partial charge in [0.1, 0.15) is 11.2 Å². The Kier molecular flexibility index (Phi) is 7.83. The Morgan fingerprint density at radius 3 is 1.66 bits per heavy atom. The topological polar surface area (TPSA) is 19.6 Å². The van der Waals surface area contributed by atoms with Crippen molar-refractivity contribution in [1.82, 2.24) is 0 Å². The summed E-state index contributed by atoms with van der Waals surface area (Å²) >= 11 is 0. The zero-order chi connectivity index (χ0) is 46.8. The Hall–Kier alpha value is -8.40. The maximum absolute atomic E-state index is 9.46. The van der Waals surface area contributed by atoms with E-state index in [1.807, 2.05) is 95.9 Å². The number of rotatable bonds is 9. The molecule has 0 radical (unpaired) electrons. The summed E-state index contributed by atoms with van der Waals surface area (Å²) in [6.07, 6.45) is 0. The van der Waals surface area contributed by atoms with Crippen LogP contribution in [0.3, 0.4) is 0 Å². The number of fused-ring (bicyclic) bond motifs is 6. The molecule has 0 bridgehead atoms. The lowest BCUT2D eigenvalue weighted by Gasteiger charge is -2.35. The molecule has 0 saturated carbocycles. The number of anilines is 6. The predicted molar refractivity (Wildman–Crippen MR) is 266 cm³/mol. The molecule has 1 aliphatic rings. The minimum atomic E-state index is -0.744. The SMILES string of the molecule is [2H]c1c([2H])c([2H])c(N(c2cccc(N(c3ccc(-c4ccccc4)cc3)c3cccc4oc5ccccc5c34)c2)c2cccc(C3(c4ccccc4)c4ccccc4-c4ccccc43)c2)c([2H])c1[2H]. The Labute approximate surface area is 380 Å². The van der Waals surface area contributed by atoms with Crippen molar-refractivity contribution in [3.05, 3.63) is 277 Å². The fourth-order valence-corrected chi connectivity index (χ4v) is 9.93. The summed E-state index contributed by atoms with van der Waals surface area (Å²) in [6, 6.07) is 74.9. The maximum Gasteiger partial charge on any atom is 0.137 e. The number of furan rings is 1. The van der Waals surface area contributed by atoms with Gasteiger partial charge in [-0.3, -0.25) is 0 Å². The Balaban J connectivity index is 1.10. The standard InChI is InChI=1S/C61H42N2O/c1-4-19-43(20-5-1)44-37-39-48(40-38-44)63(57-34-18-36-59-60(57)54-31-12-15-35-58(54)64-59)51-28-17-27-50(42-51)62(47-24-8-3-9-25-47)49-26-16-23-46(41-49)61(45-21-6-2-7-22-45)55-32-13-10-29-52(55)53-30-11-14-33-56(53)61/h1-42H/i3D,8D,9D,24D,25D. The molecule has 0 spiro atoms. The molecule has 0 amide bonds. The number of benzene rings is 10. The summed E-state index contributed by atoms with van der Waals surface area (Å²) < 4.78 is 51.8. The van der Waals surface area contributed by atoms with Crippen LogP contribution in [-0.2, 0) is 5.41 Å². The minimum Gasteiger partial charge on any atom is -0.456 e. The molecule has 0 atom stereocenters. The molecule has 12 rings (SSSR count). The molecular formula is C61H42N2O. The number of hydrogen-bond donors (Lipinski definition) is 0. The summed E-state index contributed by atoms with van der Waals surface area (Å²) in [5.41, 5.74) is 13.4. The van der Waals surface area contributed by atoms with Gasteiger partial charge in [0, 0.05) is 33.8 Å². The first-order chi connectivity index (χ1) is 33.8. The van der Waals surface area contributed by atoms with Gasteiger partial charge in [-0.25, -0.2) is 0 Å². The van der Waals surface area contributed by atoms with E-state index in [4.69, 9.17) is 8.53 Å². The molecule has 0 fully saturated rings. The van der Waals surface area contributed by atoms with Crippen LogP contribution in [-0.4, -0.2) is 0 Å². The first-order valence-corrected chi connectivity index (χ1v) is 21.5. The van der Waals surface area contributed by atoms with Gasteiger partial charge < -0.3 is 14.2 Å². The summed E-state index contributed by atoms with van der Waals surface area (Å²) in [5.74, 6) is 0. The van der Waals surface area contributed by atoms with Crippen molar-refractivity contribution in [3.8, 4) is 22.3 Å². The number of nitrogens with zero attached hydrogens (tertiary/aromatic N) is 2. The van der Waals surface area contributed by atoms with Crippen LogP contribution >= 0.6 is 0 Å². The lowest BCUT2D eigenvalue weighted by Crippen LogP contribution is -2.28. The highest BCUT2D eigenvalue weighted by Crippen LogP contribution is 2.56. The van der Waals surface area contributed by atoms with Crippen LogP contribution < -0.4 is 9.80 Å². The Morgan fingerprint density at radius 2 is 0.922 bits per heavy atom. The van der Waals surface area contributed by atoms with E-state index in [0.29, 0.717) is 11.4 Å². The van der Waals surface area contributed by atoms with E-state index >= 15 is 0 Å². The molecule has 11 aromatic rings. The van der Waals surface area contributed by atoms with Crippen molar-refractivity contribution < 1.29 is 11.3 Å². The smallest absolute Gasteiger partial charge is 0.137 e. The second-order valence-corrected chi connectivity index (χ2v) is 16.1. The molecule has 1 heterocycles. The zero-order valence-electron chi connectivity index (χ0n) is 39.7. The molecule has 0 unspecified atom stereocenters. The van der Waals surface area contributed by atoms with Crippen molar-refractivity contribution in [3.63, 3.8) is 0 Å². The van der Waals surface area contributed by atoms with Crippen molar-refractivity contribution in [2.24, 2.45) is 0 Å². The van der Waals surface area contributed by atoms with E-state index in [-0.39, 0.29) is 17.8 Å². The van der Waals surface area contributed by atoms with Gasteiger partial charge in [0.15, 0.2) is 0 Å². The number of para-hydroxylation sites is 2. The highest BCUT2D eigenvalue weighted by atomic mass is 16.3. The zero-order valence-corrected chi connectivity index (χ0v) is 34.7. The maximum atomic E-state index is 9.46. The molecular weight excluding hydrogens is 777 g/mol. The number of hydrogen-bond acceptors (Lipinski definition) is 3. The highest BCUT2D eigenvalue weighted by Gasteiger charge is 2.46. The molecule has 1 aliphatic carbocycles. The van der Waals surface area contributed by atoms with Gasteiger partial charge in [0.05, 0.1) is 23.3 Å². The van der Waals surface area contributed by atoms with Gasteiger partial charge >= 0.3 is 0 Å². The van der Waals surface area contributed by atoms with E-state index in [0.717, 1.165) is 83.5 Å². The van der Waals surface area contributed by atoms with Gasteiger partial charge in [-0.2, -0.15) is 0 Å². The van der Waals surface area contributed by atoms with Gasteiger partial charge in [-0.05, 0) is 117 Å². The highest BCUT2D eigenvalue weighted by molar-refractivity contribution is 6.13. The largest absolute Gasteiger partial charge is 0.456 e. The third-order valence-corrected chi connectivity index (χ3v) is 12.6. The average molecular weight is 824 g/mol. The molecule has 10 aromatic carbocycles. The van der Waals surface area contributed by atoms with Gasteiger partial charge in [0.25, 0.3) is 0 Å². The van der Waals surface area contributed by atoms with E-state index < -0.39 is 23.5 Å². The third kappa shape index (κ3) is 6.05. The molecule has 0 aliphatic heterocycles. The first kappa shape index (κ1) is 32.3. The van der Waals surface area contributed by atoms with E-state index in [1.54, 1.807) is 0 Å². The fourth-order valence-electron chi connectivity index (χ4n) is 9.93. The second-order valence-electron chi connectivity index (χ2n) is 16.1. The van der Waals surface area contributed by atoms with Crippen LogP contribution in [0.4, 0.5) is 34.1 Å². The summed E-state index contributed by atoms with van der Waals surface area (Å²) in [4.78, 5) is 4.03. The molecule has 3 nitrogen and oxygen atoms in total. The second kappa shape index (κ2) is 15.5. The first-order valence-electron chi connectivity index (χ1n) is 24.0. The van der Waals surface area contributed by atoms with E-state index in [9.17, 15) is 2.74 Å². The summed E-state index contributed by atoms with van der Waals surface area (Å²) in [5, 5.41) is 1.93. The van der Waals surface area contributed by atoms with Gasteiger partial charge in [0.2, 0.25) is 0 Å². The van der Waals surface area contributed by atoms with Crippen molar-refractivity contribution in [2.75, 3.05) is 9.80 Å². The summed E-state index contributed by atoms with van der Waals surface area (Å²) in [6.45, 7) is 0. The third-order valence-electron chi connectivity index (χ3n) is 12.6. The van der Waals surface area contributed by atoms with Crippen LogP contribution in [0.15, 0.2) is 259 Å². The van der Waals surface area contributed by atoms with Crippen molar-refractivity contribution in [2.45, 2.75) is 5.41 Å². The average Bonchev–Trinajstić information content (AvgIpc) is 3.94. The van der Waals surface area contributed by atoms with Crippen molar-refractivity contribution >= 4 is 56.1 Å². The Bertz CT molecular complexity index is 3680. The molecule has 64 heavy (non-hydrogen) atoms. The summed E-state index contributed by atoms with van der Waals surface area (Å²) in [7, 11) is 0. The molecule has 1 aromatic heterocycles. The lowest BCUT2D eigenvalue weighted by atomic mass is 9.67.